The first kappa shape index (κ1) is 28.7. The summed E-state index contributed by atoms with van der Waals surface area (Å²) in [5, 5.41) is 1.32. The quantitative estimate of drug-likeness (QED) is 0.157. The Labute approximate surface area is 261 Å². The topological polar surface area (TPSA) is 69.1 Å². The Hall–Kier alpha value is -4.40. The van der Waals surface area contributed by atoms with Gasteiger partial charge >= 0.3 is 5.97 Å². The molecule has 0 bridgehead atoms. The predicted octanol–water partition coefficient (Wildman–Crippen LogP) is 9.06. The van der Waals surface area contributed by atoms with Gasteiger partial charge in [-0.05, 0) is 67.1 Å². The van der Waals surface area contributed by atoms with Crippen LogP contribution in [-0.4, -0.2) is 27.1 Å². The van der Waals surface area contributed by atoms with E-state index in [1.54, 1.807) is 37.5 Å². The number of carbonyl (C=O) groups is 1. The van der Waals surface area contributed by atoms with Crippen molar-refractivity contribution < 1.29 is 18.7 Å². The molecule has 0 spiro atoms. The minimum absolute atomic E-state index is 0.216. The van der Waals surface area contributed by atoms with Gasteiger partial charge in [-0.25, -0.2) is 14.2 Å². The van der Waals surface area contributed by atoms with E-state index in [1.807, 2.05) is 59.2 Å². The zero-order chi connectivity index (χ0) is 29.9. The van der Waals surface area contributed by atoms with Gasteiger partial charge in [-0.1, -0.05) is 63.9 Å². The summed E-state index contributed by atoms with van der Waals surface area (Å²) in [5.41, 5.74) is 5.68. The van der Waals surface area contributed by atoms with Gasteiger partial charge in [0.1, 0.15) is 23.9 Å². The number of hydrogen-bond acceptors (Lipinski definition) is 4. The van der Waals surface area contributed by atoms with Crippen molar-refractivity contribution in [1.29, 1.82) is 0 Å². The minimum atomic E-state index is -0.491. The van der Waals surface area contributed by atoms with Crippen LogP contribution in [0, 0.1) is 5.82 Å². The number of fused-ring (bicyclic) bond motifs is 1. The fraction of sp³-hybridized carbons (Fsp3) is 0.118. The van der Waals surface area contributed by atoms with Crippen molar-refractivity contribution in [2.45, 2.75) is 20.1 Å². The third-order valence-electron chi connectivity index (χ3n) is 7.06. The lowest BCUT2D eigenvalue weighted by Gasteiger charge is -2.13. The van der Waals surface area contributed by atoms with Crippen LogP contribution in [0.25, 0.3) is 33.4 Å². The molecule has 0 fully saturated rings. The smallest absolute Gasteiger partial charge is 0.355 e. The van der Waals surface area contributed by atoms with Gasteiger partial charge in [-0.2, -0.15) is 0 Å². The van der Waals surface area contributed by atoms with Crippen molar-refractivity contribution in [3.05, 3.63) is 129 Å². The standard InChI is InChI=1S/C34H26BrClFN3O3/c1-2-42-34(41)32-30(27-16-11-24(36)17-29(27)39-32)33-31(22-9-12-25(37)13-10-22)38-20-40(33)18-21-7-14-26(15-8-21)43-19-23-5-3-4-6-28(23)35/h3-17,20,39H,2,18-19H2,1H3. The zero-order valence-electron chi connectivity index (χ0n) is 23.1. The summed E-state index contributed by atoms with van der Waals surface area (Å²) in [7, 11) is 0. The predicted molar refractivity (Wildman–Crippen MR) is 170 cm³/mol. The van der Waals surface area contributed by atoms with Gasteiger partial charge in [0.2, 0.25) is 0 Å². The summed E-state index contributed by atoms with van der Waals surface area (Å²) < 4.78 is 28.3. The molecule has 0 amide bonds. The van der Waals surface area contributed by atoms with Gasteiger partial charge in [0, 0.05) is 43.6 Å². The number of hydrogen-bond donors (Lipinski definition) is 1. The summed E-state index contributed by atoms with van der Waals surface area (Å²) in [6, 6.07) is 27.4. The molecule has 0 atom stereocenters. The zero-order valence-corrected chi connectivity index (χ0v) is 25.5. The third kappa shape index (κ3) is 6.07. The van der Waals surface area contributed by atoms with Gasteiger partial charge in [0.15, 0.2) is 0 Å². The number of imidazole rings is 1. The number of aromatic nitrogens is 3. The first-order chi connectivity index (χ1) is 20.9. The molecule has 216 valence electrons. The molecular weight excluding hydrogens is 633 g/mol. The number of nitrogens with zero attached hydrogens (tertiary/aromatic N) is 2. The van der Waals surface area contributed by atoms with Crippen LogP contribution in [0.15, 0.2) is 102 Å². The molecule has 43 heavy (non-hydrogen) atoms. The van der Waals surface area contributed by atoms with E-state index in [1.165, 1.54) is 12.1 Å². The fourth-order valence-electron chi connectivity index (χ4n) is 5.02. The van der Waals surface area contributed by atoms with Gasteiger partial charge < -0.3 is 19.0 Å². The second kappa shape index (κ2) is 12.5. The lowest BCUT2D eigenvalue weighted by Crippen LogP contribution is -2.09. The summed E-state index contributed by atoms with van der Waals surface area (Å²) >= 11 is 9.86. The molecule has 0 aliphatic heterocycles. The highest BCUT2D eigenvalue weighted by molar-refractivity contribution is 9.10. The van der Waals surface area contributed by atoms with Gasteiger partial charge in [0.05, 0.1) is 24.3 Å². The van der Waals surface area contributed by atoms with Crippen LogP contribution in [0.2, 0.25) is 5.02 Å². The lowest BCUT2D eigenvalue weighted by molar-refractivity contribution is 0.0521. The fourth-order valence-corrected chi connectivity index (χ4v) is 5.59. The number of aromatic amines is 1. The molecule has 4 aromatic carbocycles. The Morgan fingerprint density at radius 2 is 1.79 bits per heavy atom. The molecule has 0 unspecified atom stereocenters. The average Bonchev–Trinajstić information content (AvgIpc) is 3.58. The van der Waals surface area contributed by atoms with Crippen LogP contribution in [-0.2, 0) is 17.9 Å². The van der Waals surface area contributed by atoms with Crippen molar-refractivity contribution >= 4 is 44.4 Å². The van der Waals surface area contributed by atoms with E-state index in [0.717, 1.165) is 26.7 Å². The largest absolute Gasteiger partial charge is 0.489 e. The Bertz CT molecular complexity index is 1920. The molecule has 0 radical (unpaired) electrons. The maximum Gasteiger partial charge on any atom is 0.355 e. The Kier molecular flexibility index (Phi) is 8.31. The number of ether oxygens (including phenoxy) is 2. The first-order valence-corrected chi connectivity index (χ1v) is 14.8. The van der Waals surface area contributed by atoms with Gasteiger partial charge in [0.25, 0.3) is 0 Å². The minimum Gasteiger partial charge on any atom is -0.489 e. The number of carbonyl (C=O) groups excluding carboxylic acids is 1. The van der Waals surface area contributed by atoms with Crippen LogP contribution in [0.5, 0.6) is 5.75 Å². The Morgan fingerprint density at radius 3 is 2.53 bits per heavy atom. The molecule has 0 saturated heterocycles. The van der Waals surface area contributed by atoms with Crippen LogP contribution in [0.1, 0.15) is 28.5 Å². The normalized spacial score (nSPS) is 11.2. The molecule has 0 saturated carbocycles. The summed E-state index contributed by atoms with van der Waals surface area (Å²) in [4.78, 5) is 21.2. The second-order valence-electron chi connectivity index (χ2n) is 9.89. The number of nitrogens with one attached hydrogen (secondary N) is 1. The van der Waals surface area contributed by atoms with Gasteiger partial charge in [-0.15, -0.1) is 0 Å². The van der Waals surface area contributed by atoms with E-state index >= 15 is 0 Å². The van der Waals surface area contributed by atoms with Crippen molar-refractivity contribution in [2.24, 2.45) is 0 Å². The molecule has 2 aromatic heterocycles. The summed E-state index contributed by atoms with van der Waals surface area (Å²) in [6.45, 7) is 2.87. The molecular formula is C34H26BrClFN3O3. The van der Waals surface area contributed by atoms with E-state index in [4.69, 9.17) is 26.1 Å². The molecule has 0 aliphatic carbocycles. The van der Waals surface area contributed by atoms with Crippen LogP contribution in [0.4, 0.5) is 4.39 Å². The first-order valence-electron chi connectivity index (χ1n) is 13.7. The highest BCUT2D eigenvalue weighted by Crippen LogP contribution is 2.40. The molecule has 6 aromatic rings. The number of rotatable bonds is 9. The summed E-state index contributed by atoms with van der Waals surface area (Å²) in [6.07, 6.45) is 1.73. The monoisotopic (exact) mass is 657 g/mol. The van der Waals surface area contributed by atoms with Crippen molar-refractivity contribution in [1.82, 2.24) is 14.5 Å². The number of H-pyrrole nitrogens is 1. The van der Waals surface area contributed by atoms with E-state index < -0.39 is 5.97 Å². The molecule has 1 N–H and O–H groups in total. The maximum atomic E-state index is 13.9. The van der Waals surface area contributed by atoms with Crippen LogP contribution in [0.3, 0.4) is 0 Å². The van der Waals surface area contributed by atoms with Crippen molar-refractivity contribution in [2.75, 3.05) is 6.61 Å². The highest BCUT2D eigenvalue weighted by Gasteiger charge is 2.26. The van der Waals surface area contributed by atoms with E-state index in [0.29, 0.717) is 51.9 Å². The van der Waals surface area contributed by atoms with Gasteiger partial charge in [-0.3, -0.25) is 0 Å². The van der Waals surface area contributed by atoms with Crippen LogP contribution >= 0.6 is 27.5 Å². The summed E-state index contributed by atoms with van der Waals surface area (Å²) in [5.74, 6) is -0.0924. The average molecular weight is 659 g/mol. The number of benzene rings is 4. The number of esters is 1. The second-order valence-corrected chi connectivity index (χ2v) is 11.2. The van der Waals surface area contributed by atoms with Crippen molar-refractivity contribution in [3.8, 4) is 28.3 Å². The van der Waals surface area contributed by atoms with E-state index in [-0.39, 0.29) is 12.4 Å². The Morgan fingerprint density at radius 1 is 1.02 bits per heavy atom. The highest BCUT2D eigenvalue weighted by atomic mass is 79.9. The molecule has 6 nitrogen and oxygen atoms in total. The maximum absolute atomic E-state index is 13.9. The van der Waals surface area contributed by atoms with E-state index in [2.05, 4.69) is 20.9 Å². The molecule has 6 rings (SSSR count). The van der Waals surface area contributed by atoms with E-state index in [9.17, 15) is 9.18 Å². The third-order valence-corrected chi connectivity index (χ3v) is 8.07. The molecule has 2 heterocycles. The molecule has 9 heteroatoms. The number of halogens is 3. The Balaban J connectivity index is 1.41. The SMILES string of the molecule is CCOC(=O)c1[nH]c2cc(Cl)ccc2c1-c1c(-c2ccc(F)cc2)ncn1Cc1ccc(OCc2ccccc2Br)cc1. The lowest BCUT2D eigenvalue weighted by atomic mass is 10.0. The van der Waals surface area contributed by atoms with Crippen LogP contribution < -0.4 is 4.74 Å². The molecule has 0 aliphatic rings. The van der Waals surface area contributed by atoms with Crippen molar-refractivity contribution in [3.63, 3.8) is 0 Å².